The zero-order valence-corrected chi connectivity index (χ0v) is 12.6. The highest BCUT2D eigenvalue weighted by atomic mass is 32.2. The van der Waals surface area contributed by atoms with E-state index in [2.05, 4.69) is 20.8 Å². The van der Waals surface area contributed by atoms with Crippen molar-refractivity contribution in [2.75, 3.05) is 13.7 Å². The third-order valence-corrected chi connectivity index (χ3v) is 3.24. The fraction of sp³-hybridized carbons (Fsp3) is 0.600. The van der Waals surface area contributed by atoms with E-state index < -0.39 is 52.3 Å². The summed E-state index contributed by atoms with van der Waals surface area (Å²) in [5.74, 6) is -8.60. The van der Waals surface area contributed by atoms with Gasteiger partial charge in [0.05, 0.1) is 13.7 Å². The number of ether oxygens (including phenoxy) is 3. The first-order valence-corrected chi connectivity index (χ1v) is 7.03. The summed E-state index contributed by atoms with van der Waals surface area (Å²) < 4.78 is 107. The Morgan fingerprint density at radius 1 is 1.21 bits per heavy atom. The number of methoxy groups -OCH3 is 1. The largest absolute Gasteiger partial charge is 0.743 e. The van der Waals surface area contributed by atoms with Crippen LogP contribution >= 0.6 is 0 Å². The average molecular weight is 385 g/mol. The summed E-state index contributed by atoms with van der Waals surface area (Å²) in [7, 11) is -5.74. The molecule has 0 saturated carbocycles. The van der Waals surface area contributed by atoms with Crippen molar-refractivity contribution in [3.63, 3.8) is 0 Å². The predicted molar refractivity (Wildman–Crippen MR) is 62.3 cm³/mol. The molecule has 0 fully saturated rings. The number of halogens is 5. The van der Waals surface area contributed by atoms with Gasteiger partial charge in [0.15, 0.2) is 10.1 Å². The van der Waals surface area contributed by atoms with E-state index in [1.807, 2.05) is 0 Å². The smallest absolute Gasteiger partial charge is 0.468 e. The van der Waals surface area contributed by atoms with Crippen molar-refractivity contribution >= 4 is 22.1 Å². The van der Waals surface area contributed by atoms with Crippen LogP contribution in [-0.2, 0) is 33.9 Å². The molecular formula is C10H10F5O8S-. The Labute approximate surface area is 131 Å². The summed E-state index contributed by atoms with van der Waals surface area (Å²) >= 11 is 0. The lowest BCUT2D eigenvalue weighted by atomic mass is 10.2. The number of rotatable bonds is 8. The maximum Gasteiger partial charge on any atom is 0.468 e. The Morgan fingerprint density at radius 3 is 2.04 bits per heavy atom. The molecule has 0 saturated heterocycles. The fourth-order valence-corrected chi connectivity index (χ4v) is 1.48. The quantitative estimate of drug-likeness (QED) is 0.197. The van der Waals surface area contributed by atoms with Gasteiger partial charge in [-0.3, -0.25) is 0 Å². The molecule has 8 nitrogen and oxygen atoms in total. The summed E-state index contributed by atoms with van der Waals surface area (Å²) in [6.45, 7) is 0.976. The van der Waals surface area contributed by atoms with Gasteiger partial charge >= 0.3 is 29.2 Å². The molecule has 0 bridgehead atoms. The molecule has 0 aromatic carbocycles. The monoisotopic (exact) mass is 385 g/mol. The Kier molecular flexibility index (Phi) is 6.84. The van der Waals surface area contributed by atoms with E-state index in [1.54, 1.807) is 0 Å². The summed E-state index contributed by atoms with van der Waals surface area (Å²) in [6.07, 6.45) is -7.62. The number of carbonyl (C=O) groups is 2. The second-order valence-electron chi connectivity index (χ2n) is 3.92. The number of carbonyl (C=O) groups excluding carboxylic acids is 2. The van der Waals surface area contributed by atoms with E-state index in [1.165, 1.54) is 0 Å². The van der Waals surface area contributed by atoms with Gasteiger partial charge in [-0.05, 0) is 0 Å². The summed E-state index contributed by atoms with van der Waals surface area (Å²) in [4.78, 5) is 22.3. The van der Waals surface area contributed by atoms with Crippen molar-refractivity contribution < 1.29 is 58.7 Å². The van der Waals surface area contributed by atoms with E-state index in [-0.39, 0.29) is 6.08 Å². The van der Waals surface area contributed by atoms with E-state index in [4.69, 9.17) is 0 Å². The lowest BCUT2D eigenvalue weighted by Gasteiger charge is -2.32. The van der Waals surface area contributed by atoms with Gasteiger partial charge < -0.3 is 18.8 Å². The first-order chi connectivity index (χ1) is 10.6. The maximum atomic E-state index is 13.1. The van der Waals surface area contributed by atoms with Gasteiger partial charge in [0.2, 0.25) is 0 Å². The molecule has 1 unspecified atom stereocenters. The number of hydrogen-bond acceptors (Lipinski definition) is 8. The predicted octanol–water partition coefficient (Wildman–Crippen LogP) is 0.692. The minimum Gasteiger partial charge on any atom is -0.743 e. The molecule has 0 heterocycles. The number of hydrogen-bond donors (Lipinski definition) is 0. The molecule has 0 rings (SSSR count). The van der Waals surface area contributed by atoms with E-state index in [0.717, 1.165) is 0 Å². The molecular weight excluding hydrogens is 375 g/mol. The van der Waals surface area contributed by atoms with Crippen LogP contribution in [0.25, 0.3) is 0 Å². The van der Waals surface area contributed by atoms with Crippen LogP contribution in [0.5, 0.6) is 0 Å². The summed E-state index contributed by atoms with van der Waals surface area (Å²) in [6, 6.07) is 0. The van der Waals surface area contributed by atoms with Crippen molar-refractivity contribution in [2.24, 2.45) is 0 Å². The molecule has 0 aliphatic heterocycles. The molecule has 0 aromatic rings. The summed E-state index contributed by atoms with van der Waals surface area (Å²) in [5, 5.41) is -4.98. The van der Waals surface area contributed by atoms with Crippen LogP contribution < -0.4 is 0 Å². The molecule has 1 atom stereocenters. The van der Waals surface area contributed by atoms with Gasteiger partial charge in [0.25, 0.3) is 0 Å². The lowest BCUT2D eigenvalue weighted by Crippen LogP contribution is -2.58. The Balaban J connectivity index is 5.60. The number of alkyl halides is 5. The zero-order valence-electron chi connectivity index (χ0n) is 11.8. The molecule has 0 spiro atoms. The van der Waals surface area contributed by atoms with Crippen LogP contribution in [0.15, 0.2) is 12.7 Å². The van der Waals surface area contributed by atoms with Crippen molar-refractivity contribution in [3.05, 3.63) is 12.7 Å². The highest BCUT2D eigenvalue weighted by Crippen LogP contribution is 2.37. The van der Waals surface area contributed by atoms with Crippen molar-refractivity contribution in [3.8, 4) is 0 Å². The van der Waals surface area contributed by atoms with E-state index in [0.29, 0.717) is 7.11 Å². The van der Waals surface area contributed by atoms with E-state index >= 15 is 0 Å². The molecule has 0 aliphatic rings. The highest BCUT2D eigenvalue weighted by molar-refractivity contribution is 7.86. The molecule has 0 aliphatic carbocycles. The molecule has 24 heavy (non-hydrogen) atoms. The van der Waals surface area contributed by atoms with Crippen LogP contribution in [0.1, 0.15) is 6.42 Å². The first kappa shape index (κ1) is 22.2. The number of esters is 2. The van der Waals surface area contributed by atoms with Gasteiger partial charge in [0.1, 0.15) is 0 Å². The SMILES string of the molecule is C=CC(=O)OC(OCCC(F)(F)S(=O)(=O)[O-])(C(=O)OC)C(F)(F)F. The Morgan fingerprint density at radius 2 is 1.71 bits per heavy atom. The van der Waals surface area contributed by atoms with Crippen molar-refractivity contribution in [1.29, 1.82) is 0 Å². The maximum absolute atomic E-state index is 13.1. The van der Waals surface area contributed by atoms with Crippen molar-refractivity contribution in [1.82, 2.24) is 0 Å². The summed E-state index contributed by atoms with van der Waals surface area (Å²) in [5.41, 5.74) is 0. The van der Waals surface area contributed by atoms with E-state index in [9.17, 15) is 44.5 Å². The molecule has 0 N–H and O–H groups in total. The molecule has 14 heteroatoms. The van der Waals surface area contributed by atoms with Crippen LogP contribution in [0.3, 0.4) is 0 Å². The van der Waals surface area contributed by atoms with Gasteiger partial charge in [-0.1, -0.05) is 6.58 Å². The topological polar surface area (TPSA) is 119 Å². The van der Waals surface area contributed by atoms with Crippen LogP contribution in [-0.4, -0.2) is 55.8 Å². The highest BCUT2D eigenvalue weighted by Gasteiger charge is 2.67. The molecule has 140 valence electrons. The standard InChI is InChI=1S/C10H11F5O8S/c1-3-6(16)23-9(7(17)21-2,10(13,14)15)22-5-4-8(11,12)24(18,19)20/h3H,1,4-5H2,2H3,(H,18,19,20)/p-1. The average Bonchev–Trinajstić information content (AvgIpc) is 2.42. The minimum atomic E-state index is -6.19. The van der Waals surface area contributed by atoms with Gasteiger partial charge in [0, 0.05) is 12.5 Å². The van der Waals surface area contributed by atoms with Crippen molar-refractivity contribution in [2.45, 2.75) is 23.6 Å². The second kappa shape index (κ2) is 7.40. The molecule has 0 aromatic heterocycles. The molecule has 0 radical (unpaired) electrons. The zero-order chi connectivity index (χ0) is 19.4. The Hall–Kier alpha value is -1.80. The van der Waals surface area contributed by atoms with Gasteiger partial charge in [-0.15, -0.1) is 0 Å². The normalized spacial score (nSPS) is 15.3. The van der Waals surface area contributed by atoms with Gasteiger partial charge in [-0.25, -0.2) is 18.0 Å². The molecule has 0 amide bonds. The van der Waals surface area contributed by atoms with Crippen LogP contribution in [0.2, 0.25) is 0 Å². The fourth-order valence-electron chi connectivity index (χ4n) is 1.14. The minimum absolute atomic E-state index is 0.212. The second-order valence-corrected chi connectivity index (χ2v) is 5.43. The van der Waals surface area contributed by atoms with Crippen LogP contribution in [0.4, 0.5) is 22.0 Å². The van der Waals surface area contributed by atoms with Gasteiger partial charge in [-0.2, -0.15) is 22.0 Å². The first-order valence-electron chi connectivity index (χ1n) is 5.62. The third-order valence-electron chi connectivity index (χ3n) is 2.30. The van der Waals surface area contributed by atoms with Crippen LogP contribution in [0, 0.1) is 0 Å². The Bertz CT molecular complexity index is 599. The lowest BCUT2D eigenvalue weighted by molar-refractivity contribution is -0.354. The third kappa shape index (κ3) is 4.85.